The number of hydrogen-bond acceptors (Lipinski definition) is 4. The van der Waals surface area contributed by atoms with Gasteiger partial charge in [0.25, 0.3) is 0 Å². The molecule has 1 fully saturated rings. The highest BCUT2D eigenvalue weighted by Crippen LogP contribution is 2.06. The van der Waals surface area contributed by atoms with Crippen LogP contribution in [0.25, 0.3) is 0 Å². The van der Waals surface area contributed by atoms with E-state index >= 15 is 0 Å². The Balaban J connectivity index is 1.94. The van der Waals surface area contributed by atoms with Crippen LogP contribution in [0.3, 0.4) is 0 Å². The van der Waals surface area contributed by atoms with Crippen LogP contribution in [-0.2, 0) is 17.7 Å². The SMILES string of the molecule is CCCc1cc(CN2CCOCC2)ncn1. The van der Waals surface area contributed by atoms with Crippen molar-refractivity contribution in [1.29, 1.82) is 0 Å². The van der Waals surface area contributed by atoms with E-state index in [-0.39, 0.29) is 0 Å². The van der Waals surface area contributed by atoms with Crippen molar-refractivity contribution in [3.8, 4) is 0 Å². The monoisotopic (exact) mass is 221 g/mol. The number of ether oxygens (including phenoxy) is 1. The van der Waals surface area contributed by atoms with Crippen LogP contribution in [-0.4, -0.2) is 41.2 Å². The van der Waals surface area contributed by atoms with Crippen molar-refractivity contribution in [1.82, 2.24) is 14.9 Å². The van der Waals surface area contributed by atoms with Gasteiger partial charge >= 0.3 is 0 Å². The van der Waals surface area contributed by atoms with Crippen molar-refractivity contribution in [2.75, 3.05) is 26.3 Å². The maximum absolute atomic E-state index is 5.33. The number of aromatic nitrogens is 2. The van der Waals surface area contributed by atoms with E-state index in [0.717, 1.165) is 57.1 Å². The molecule has 2 heterocycles. The van der Waals surface area contributed by atoms with Crippen molar-refractivity contribution >= 4 is 0 Å². The first-order valence-corrected chi connectivity index (χ1v) is 5.98. The normalized spacial score (nSPS) is 17.6. The van der Waals surface area contributed by atoms with E-state index in [0.29, 0.717) is 0 Å². The minimum absolute atomic E-state index is 0.840. The van der Waals surface area contributed by atoms with Gasteiger partial charge in [0, 0.05) is 25.3 Å². The summed E-state index contributed by atoms with van der Waals surface area (Å²) in [6, 6.07) is 2.12. The Morgan fingerprint density at radius 2 is 2.00 bits per heavy atom. The fraction of sp³-hybridized carbons (Fsp3) is 0.667. The van der Waals surface area contributed by atoms with Gasteiger partial charge in [-0.1, -0.05) is 13.3 Å². The third-order valence-corrected chi connectivity index (χ3v) is 2.78. The van der Waals surface area contributed by atoms with E-state index in [1.165, 1.54) is 0 Å². The van der Waals surface area contributed by atoms with Gasteiger partial charge in [0.15, 0.2) is 0 Å². The Labute approximate surface area is 96.7 Å². The molecule has 88 valence electrons. The molecule has 1 saturated heterocycles. The van der Waals surface area contributed by atoms with Crippen LogP contribution in [0.5, 0.6) is 0 Å². The molecule has 1 aliphatic rings. The third kappa shape index (κ3) is 3.25. The molecule has 0 atom stereocenters. The minimum Gasteiger partial charge on any atom is -0.379 e. The van der Waals surface area contributed by atoms with Crippen molar-refractivity contribution in [2.24, 2.45) is 0 Å². The van der Waals surface area contributed by atoms with Crippen LogP contribution < -0.4 is 0 Å². The molecule has 0 aromatic carbocycles. The highest BCUT2D eigenvalue weighted by Gasteiger charge is 2.11. The van der Waals surface area contributed by atoms with E-state index in [9.17, 15) is 0 Å². The van der Waals surface area contributed by atoms with Gasteiger partial charge in [-0.2, -0.15) is 0 Å². The molecule has 0 aliphatic carbocycles. The first kappa shape index (κ1) is 11.5. The molecule has 0 amide bonds. The smallest absolute Gasteiger partial charge is 0.115 e. The fourth-order valence-electron chi connectivity index (χ4n) is 1.91. The summed E-state index contributed by atoms with van der Waals surface area (Å²) in [6.45, 7) is 6.78. The minimum atomic E-state index is 0.840. The van der Waals surface area contributed by atoms with Crippen LogP contribution >= 0.6 is 0 Å². The summed E-state index contributed by atoms with van der Waals surface area (Å²) in [5.41, 5.74) is 2.28. The molecule has 0 unspecified atom stereocenters. The van der Waals surface area contributed by atoms with E-state index in [1.54, 1.807) is 6.33 Å². The standard InChI is InChI=1S/C12H19N3O/c1-2-3-11-8-12(14-10-13-11)9-15-4-6-16-7-5-15/h8,10H,2-7,9H2,1H3. The predicted molar refractivity (Wildman–Crippen MR) is 62.1 cm³/mol. The molecule has 4 nitrogen and oxygen atoms in total. The average Bonchev–Trinajstić information content (AvgIpc) is 2.31. The predicted octanol–water partition coefficient (Wildman–Crippen LogP) is 1.26. The Kier molecular flexibility index (Phi) is 4.25. The van der Waals surface area contributed by atoms with Crippen molar-refractivity contribution in [3.63, 3.8) is 0 Å². The maximum Gasteiger partial charge on any atom is 0.115 e. The summed E-state index contributed by atoms with van der Waals surface area (Å²) < 4.78 is 5.33. The fourth-order valence-corrected chi connectivity index (χ4v) is 1.91. The van der Waals surface area contributed by atoms with Crippen LogP contribution in [0.15, 0.2) is 12.4 Å². The number of aryl methyl sites for hydroxylation is 1. The highest BCUT2D eigenvalue weighted by atomic mass is 16.5. The lowest BCUT2D eigenvalue weighted by molar-refractivity contribution is 0.0336. The topological polar surface area (TPSA) is 38.2 Å². The van der Waals surface area contributed by atoms with Gasteiger partial charge in [-0.05, 0) is 12.5 Å². The summed E-state index contributed by atoms with van der Waals surface area (Å²) in [5, 5.41) is 0. The maximum atomic E-state index is 5.33. The zero-order valence-corrected chi connectivity index (χ0v) is 9.85. The van der Waals surface area contributed by atoms with E-state index < -0.39 is 0 Å². The lowest BCUT2D eigenvalue weighted by Gasteiger charge is -2.26. The second kappa shape index (κ2) is 5.92. The summed E-state index contributed by atoms with van der Waals surface area (Å²) in [4.78, 5) is 11.0. The first-order chi connectivity index (χ1) is 7.88. The van der Waals surface area contributed by atoms with Crippen LogP contribution in [0.1, 0.15) is 24.7 Å². The first-order valence-electron chi connectivity index (χ1n) is 5.98. The molecule has 0 spiro atoms. The van der Waals surface area contributed by atoms with Crippen molar-refractivity contribution in [3.05, 3.63) is 23.8 Å². The third-order valence-electron chi connectivity index (χ3n) is 2.78. The van der Waals surface area contributed by atoms with Gasteiger partial charge in [0.2, 0.25) is 0 Å². The quantitative estimate of drug-likeness (QED) is 0.767. The molecule has 4 heteroatoms. The molecule has 0 saturated carbocycles. The Bertz CT molecular complexity index is 324. The van der Waals surface area contributed by atoms with E-state index in [4.69, 9.17) is 4.74 Å². The van der Waals surface area contributed by atoms with Crippen LogP contribution in [0, 0.1) is 0 Å². The van der Waals surface area contributed by atoms with Gasteiger partial charge in [0.05, 0.1) is 18.9 Å². The van der Waals surface area contributed by atoms with E-state index in [1.807, 2.05) is 0 Å². The molecule has 1 aromatic heterocycles. The molecule has 1 aliphatic heterocycles. The summed E-state index contributed by atoms with van der Waals surface area (Å²) in [5.74, 6) is 0. The summed E-state index contributed by atoms with van der Waals surface area (Å²) >= 11 is 0. The zero-order chi connectivity index (χ0) is 11.2. The molecule has 0 radical (unpaired) electrons. The number of hydrogen-bond donors (Lipinski definition) is 0. The van der Waals surface area contributed by atoms with Crippen molar-refractivity contribution in [2.45, 2.75) is 26.3 Å². The van der Waals surface area contributed by atoms with Crippen LogP contribution in [0.2, 0.25) is 0 Å². The summed E-state index contributed by atoms with van der Waals surface area (Å²) in [7, 11) is 0. The van der Waals surface area contributed by atoms with Gasteiger partial charge < -0.3 is 4.74 Å². The van der Waals surface area contributed by atoms with Gasteiger partial charge in [-0.15, -0.1) is 0 Å². The molecular formula is C12H19N3O. The molecular weight excluding hydrogens is 202 g/mol. The number of morpholine rings is 1. The lowest BCUT2D eigenvalue weighted by Crippen LogP contribution is -2.35. The van der Waals surface area contributed by atoms with Gasteiger partial charge in [-0.3, -0.25) is 4.90 Å². The van der Waals surface area contributed by atoms with Crippen molar-refractivity contribution < 1.29 is 4.74 Å². The molecule has 1 aromatic rings. The van der Waals surface area contributed by atoms with Crippen LogP contribution in [0.4, 0.5) is 0 Å². The van der Waals surface area contributed by atoms with E-state index in [2.05, 4.69) is 27.9 Å². The lowest BCUT2D eigenvalue weighted by atomic mass is 10.2. The second-order valence-electron chi connectivity index (χ2n) is 4.14. The molecule has 0 N–H and O–H groups in total. The average molecular weight is 221 g/mol. The highest BCUT2D eigenvalue weighted by molar-refractivity contribution is 5.08. The Hall–Kier alpha value is -1.00. The number of nitrogens with zero attached hydrogens (tertiary/aromatic N) is 3. The number of rotatable bonds is 4. The Morgan fingerprint density at radius 1 is 1.25 bits per heavy atom. The molecule has 16 heavy (non-hydrogen) atoms. The largest absolute Gasteiger partial charge is 0.379 e. The molecule has 2 rings (SSSR count). The Morgan fingerprint density at radius 3 is 2.75 bits per heavy atom. The second-order valence-corrected chi connectivity index (χ2v) is 4.14. The molecule has 0 bridgehead atoms. The summed E-state index contributed by atoms with van der Waals surface area (Å²) in [6.07, 6.45) is 3.85. The van der Waals surface area contributed by atoms with Gasteiger partial charge in [-0.25, -0.2) is 9.97 Å². The zero-order valence-electron chi connectivity index (χ0n) is 9.85. The van der Waals surface area contributed by atoms with Gasteiger partial charge in [0.1, 0.15) is 6.33 Å².